The Morgan fingerprint density at radius 1 is 1.32 bits per heavy atom. The number of aliphatic carboxylic acids is 1. The van der Waals surface area contributed by atoms with Gasteiger partial charge in [0, 0.05) is 10.9 Å². The minimum Gasteiger partial charge on any atom is -0.479 e. The van der Waals surface area contributed by atoms with Crippen molar-refractivity contribution in [2.24, 2.45) is 5.10 Å². The Bertz CT molecular complexity index is 1220. The maximum atomic E-state index is 13.0. The van der Waals surface area contributed by atoms with Gasteiger partial charge in [-0.1, -0.05) is 46.1 Å². The molecular weight excluding hydrogens is 509 g/mol. The zero-order valence-corrected chi connectivity index (χ0v) is 19.7. The molecule has 0 saturated heterocycles. The van der Waals surface area contributed by atoms with Gasteiger partial charge in [-0.05, 0) is 49.2 Å². The van der Waals surface area contributed by atoms with Crippen molar-refractivity contribution < 1.29 is 14.6 Å². The molecule has 0 aliphatic rings. The van der Waals surface area contributed by atoms with Crippen LogP contribution in [0.3, 0.4) is 0 Å². The van der Waals surface area contributed by atoms with E-state index >= 15 is 0 Å². The number of benzene rings is 2. The van der Waals surface area contributed by atoms with Crippen molar-refractivity contribution in [1.29, 1.82) is 0 Å². The lowest BCUT2D eigenvalue weighted by Gasteiger charge is -2.14. The van der Waals surface area contributed by atoms with E-state index in [4.69, 9.17) is 33.0 Å². The van der Waals surface area contributed by atoms with Gasteiger partial charge in [0.1, 0.15) is 5.82 Å². The summed E-state index contributed by atoms with van der Waals surface area (Å²) in [6, 6.07) is 8.37. The van der Waals surface area contributed by atoms with Gasteiger partial charge in [-0.15, -0.1) is 0 Å². The first-order valence-electron chi connectivity index (χ1n) is 9.35. The zero-order chi connectivity index (χ0) is 22.7. The largest absolute Gasteiger partial charge is 0.479 e. The van der Waals surface area contributed by atoms with Gasteiger partial charge >= 0.3 is 5.97 Å². The molecule has 31 heavy (non-hydrogen) atoms. The van der Waals surface area contributed by atoms with Crippen LogP contribution >= 0.6 is 39.1 Å². The van der Waals surface area contributed by atoms with Crippen LogP contribution in [-0.4, -0.2) is 33.1 Å². The number of carboxylic acids is 1. The summed E-state index contributed by atoms with van der Waals surface area (Å²) in [5, 5.41) is 14.0. The summed E-state index contributed by atoms with van der Waals surface area (Å²) in [5.41, 5.74) is 0.815. The summed E-state index contributed by atoms with van der Waals surface area (Å²) in [5.74, 6) is -0.543. The first-order chi connectivity index (χ1) is 14.7. The number of hydrogen-bond acceptors (Lipinski definition) is 5. The fourth-order valence-corrected chi connectivity index (χ4v) is 3.77. The third-order valence-corrected chi connectivity index (χ3v) is 5.39. The van der Waals surface area contributed by atoms with Crippen molar-refractivity contribution in [3.8, 4) is 5.75 Å². The average molecular weight is 527 g/mol. The molecule has 7 nitrogen and oxygen atoms in total. The van der Waals surface area contributed by atoms with E-state index in [1.165, 1.54) is 29.9 Å². The van der Waals surface area contributed by atoms with Gasteiger partial charge in [0.05, 0.1) is 27.2 Å². The SMILES string of the molecule is CCCc1nc2ccc(Br)cc2c(=O)n1N=Cc1cc(Cl)c(O[C@@H](C)C(=O)O)c(Cl)c1. The van der Waals surface area contributed by atoms with E-state index in [0.717, 1.165) is 10.9 Å². The van der Waals surface area contributed by atoms with Gasteiger partial charge in [0.15, 0.2) is 11.9 Å². The maximum Gasteiger partial charge on any atom is 0.344 e. The molecule has 1 aromatic heterocycles. The van der Waals surface area contributed by atoms with Gasteiger partial charge in [0.25, 0.3) is 5.56 Å². The normalized spacial score (nSPS) is 12.4. The van der Waals surface area contributed by atoms with Crippen LogP contribution in [0.2, 0.25) is 10.0 Å². The van der Waals surface area contributed by atoms with Crippen molar-refractivity contribution in [2.75, 3.05) is 0 Å². The summed E-state index contributed by atoms with van der Waals surface area (Å²) in [6.07, 6.45) is 1.68. The Hall–Kier alpha value is -2.42. The highest BCUT2D eigenvalue weighted by Crippen LogP contribution is 2.34. The lowest BCUT2D eigenvalue weighted by atomic mass is 10.2. The highest BCUT2D eigenvalue weighted by atomic mass is 79.9. The highest BCUT2D eigenvalue weighted by Gasteiger charge is 2.18. The highest BCUT2D eigenvalue weighted by molar-refractivity contribution is 9.10. The van der Waals surface area contributed by atoms with E-state index in [-0.39, 0.29) is 21.4 Å². The molecule has 1 atom stereocenters. The molecule has 0 spiro atoms. The van der Waals surface area contributed by atoms with Crippen LogP contribution in [0.25, 0.3) is 10.9 Å². The first kappa shape index (κ1) is 23.2. The average Bonchev–Trinajstić information content (AvgIpc) is 2.71. The van der Waals surface area contributed by atoms with E-state index in [0.29, 0.717) is 28.7 Å². The zero-order valence-electron chi connectivity index (χ0n) is 16.6. The van der Waals surface area contributed by atoms with E-state index < -0.39 is 12.1 Å². The van der Waals surface area contributed by atoms with Gasteiger partial charge in [0.2, 0.25) is 0 Å². The third kappa shape index (κ3) is 5.26. The van der Waals surface area contributed by atoms with Crippen molar-refractivity contribution in [3.05, 3.63) is 66.6 Å². The van der Waals surface area contributed by atoms with Crippen LogP contribution in [0.15, 0.2) is 44.7 Å². The molecule has 3 aromatic rings. The number of carboxylic acid groups (broad SMARTS) is 1. The summed E-state index contributed by atoms with van der Waals surface area (Å²) in [7, 11) is 0. The molecule has 0 amide bonds. The molecule has 1 heterocycles. The fourth-order valence-electron chi connectivity index (χ4n) is 2.82. The molecule has 0 radical (unpaired) electrons. The number of fused-ring (bicyclic) bond motifs is 1. The third-order valence-electron chi connectivity index (χ3n) is 4.33. The van der Waals surface area contributed by atoms with Crippen molar-refractivity contribution in [1.82, 2.24) is 9.66 Å². The Kier molecular flexibility index (Phi) is 7.35. The number of hydrogen-bond donors (Lipinski definition) is 1. The minimum absolute atomic E-state index is 0.0662. The number of nitrogens with zero attached hydrogens (tertiary/aromatic N) is 3. The molecule has 0 unspecified atom stereocenters. The maximum absolute atomic E-state index is 13.0. The second-order valence-corrected chi connectivity index (χ2v) is 8.44. The monoisotopic (exact) mass is 525 g/mol. The lowest BCUT2D eigenvalue weighted by Crippen LogP contribution is -2.23. The molecule has 162 valence electrons. The molecule has 0 bridgehead atoms. The van der Waals surface area contributed by atoms with Crippen LogP contribution < -0.4 is 10.3 Å². The molecule has 0 saturated carbocycles. The van der Waals surface area contributed by atoms with E-state index in [1.807, 2.05) is 13.0 Å². The standard InChI is InChI=1S/C21H18BrCl2N3O4/c1-3-4-18-26-17-6-5-13(22)9-14(17)20(28)27(18)25-10-12-7-15(23)19(16(24)8-12)31-11(2)21(29)30/h5-11H,3-4H2,1-2H3,(H,29,30)/t11-/m0/s1. The van der Waals surface area contributed by atoms with Gasteiger partial charge in [-0.2, -0.15) is 9.78 Å². The Morgan fingerprint density at radius 2 is 2.00 bits per heavy atom. The number of ether oxygens (including phenoxy) is 1. The molecule has 0 fully saturated rings. The number of aromatic nitrogens is 2. The van der Waals surface area contributed by atoms with Crippen molar-refractivity contribution in [2.45, 2.75) is 32.8 Å². The molecule has 2 aromatic carbocycles. The van der Waals surface area contributed by atoms with Crippen LogP contribution in [0.4, 0.5) is 0 Å². The lowest BCUT2D eigenvalue weighted by molar-refractivity contribution is -0.144. The molecular formula is C21H18BrCl2N3O4. The van der Waals surface area contributed by atoms with Gasteiger partial charge in [-0.3, -0.25) is 4.79 Å². The number of aryl methyl sites for hydroxylation is 1. The predicted octanol–water partition coefficient (Wildman–Crippen LogP) is 5.15. The Labute approximate surface area is 196 Å². The molecule has 0 aliphatic heterocycles. The molecule has 1 N–H and O–H groups in total. The van der Waals surface area contributed by atoms with Crippen LogP contribution in [0.5, 0.6) is 5.75 Å². The number of halogens is 3. The second-order valence-electron chi connectivity index (χ2n) is 6.71. The minimum atomic E-state index is -1.14. The van der Waals surface area contributed by atoms with Crippen molar-refractivity contribution >= 4 is 62.2 Å². The van der Waals surface area contributed by atoms with E-state index in [1.54, 1.807) is 12.1 Å². The quantitative estimate of drug-likeness (QED) is 0.429. The Balaban J connectivity index is 2.03. The summed E-state index contributed by atoms with van der Waals surface area (Å²) in [4.78, 5) is 28.6. The molecule has 0 aliphatic carbocycles. The Morgan fingerprint density at radius 3 is 2.61 bits per heavy atom. The first-order valence-corrected chi connectivity index (χ1v) is 10.9. The van der Waals surface area contributed by atoms with E-state index in [2.05, 4.69) is 26.0 Å². The smallest absolute Gasteiger partial charge is 0.344 e. The molecule has 10 heteroatoms. The van der Waals surface area contributed by atoms with Crippen LogP contribution in [0.1, 0.15) is 31.7 Å². The predicted molar refractivity (Wildman–Crippen MR) is 125 cm³/mol. The van der Waals surface area contributed by atoms with Gasteiger partial charge in [-0.25, -0.2) is 9.78 Å². The van der Waals surface area contributed by atoms with E-state index in [9.17, 15) is 9.59 Å². The molecule has 3 rings (SSSR count). The number of rotatable bonds is 7. The summed E-state index contributed by atoms with van der Waals surface area (Å²) < 4.78 is 7.33. The summed E-state index contributed by atoms with van der Waals surface area (Å²) in [6.45, 7) is 3.36. The number of carbonyl (C=O) groups is 1. The summed E-state index contributed by atoms with van der Waals surface area (Å²) >= 11 is 15.8. The van der Waals surface area contributed by atoms with Crippen LogP contribution in [-0.2, 0) is 11.2 Å². The van der Waals surface area contributed by atoms with Crippen molar-refractivity contribution in [3.63, 3.8) is 0 Å². The van der Waals surface area contributed by atoms with Gasteiger partial charge < -0.3 is 9.84 Å². The second kappa shape index (κ2) is 9.80. The van der Waals surface area contributed by atoms with Crippen LogP contribution in [0, 0.1) is 0 Å². The topological polar surface area (TPSA) is 93.8 Å². The fraction of sp³-hybridized carbons (Fsp3) is 0.238.